The van der Waals surface area contributed by atoms with Gasteiger partial charge < -0.3 is 19.1 Å². The molecule has 0 saturated carbocycles. The van der Waals surface area contributed by atoms with Gasteiger partial charge in [0.1, 0.15) is 5.94 Å². The van der Waals surface area contributed by atoms with Gasteiger partial charge in [-0.05, 0) is 37.0 Å². The molecule has 1 amide bonds. The lowest BCUT2D eigenvalue weighted by molar-refractivity contribution is 0.168. The largest absolute Gasteiger partial charge is 0.438 e. The second-order valence-corrected chi connectivity index (χ2v) is 8.47. The van der Waals surface area contributed by atoms with Crippen molar-refractivity contribution in [2.24, 2.45) is 0 Å². The van der Waals surface area contributed by atoms with Crippen molar-refractivity contribution < 1.29 is 18.6 Å². The number of amides is 1. The van der Waals surface area contributed by atoms with Crippen LogP contribution >= 0.6 is 17.1 Å². The summed E-state index contributed by atoms with van der Waals surface area (Å²) in [5.74, 6) is 0.136. The third kappa shape index (κ3) is 7.14. The molecule has 0 heterocycles. The summed E-state index contributed by atoms with van der Waals surface area (Å²) in [6, 6.07) is 0. The summed E-state index contributed by atoms with van der Waals surface area (Å²) in [6.07, 6.45) is -0.489. The summed E-state index contributed by atoms with van der Waals surface area (Å²) in [5.41, 5.74) is -2.34. The van der Waals surface area contributed by atoms with Gasteiger partial charge in [0, 0.05) is 7.05 Å². The van der Waals surface area contributed by atoms with Crippen molar-refractivity contribution >= 4 is 35.0 Å². The molecule has 0 aliphatic heterocycles. The SMILES string of the molecule is CCOP(=S)(OCC)SCOC(=O)NC. The van der Waals surface area contributed by atoms with Crippen molar-refractivity contribution in [1.82, 2.24) is 5.32 Å². The third-order valence-corrected chi connectivity index (χ3v) is 6.35. The predicted octanol–water partition coefficient (Wildman–Crippen LogP) is 2.33. The van der Waals surface area contributed by atoms with Gasteiger partial charge in [-0.3, -0.25) is 0 Å². The maximum absolute atomic E-state index is 10.8. The van der Waals surface area contributed by atoms with E-state index in [9.17, 15) is 4.79 Å². The molecule has 0 saturated heterocycles. The predicted molar refractivity (Wildman–Crippen MR) is 65.5 cm³/mol. The molecule has 0 unspecified atom stereocenters. The van der Waals surface area contributed by atoms with Crippen molar-refractivity contribution in [1.29, 1.82) is 0 Å². The van der Waals surface area contributed by atoms with Gasteiger partial charge in [0.15, 0.2) is 0 Å². The summed E-state index contributed by atoms with van der Waals surface area (Å²) in [6.45, 7) is 4.68. The molecule has 0 rings (SSSR count). The van der Waals surface area contributed by atoms with E-state index in [0.29, 0.717) is 13.2 Å². The molecule has 0 aromatic rings. The van der Waals surface area contributed by atoms with E-state index in [-0.39, 0.29) is 5.94 Å². The van der Waals surface area contributed by atoms with E-state index in [0.717, 1.165) is 0 Å². The van der Waals surface area contributed by atoms with Crippen LogP contribution in [-0.2, 0) is 25.6 Å². The van der Waals surface area contributed by atoms with Crippen LogP contribution in [-0.4, -0.2) is 32.3 Å². The van der Waals surface area contributed by atoms with Crippen molar-refractivity contribution in [2.75, 3.05) is 26.2 Å². The second-order valence-electron chi connectivity index (χ2n) is 2.21. The number of hydrogen-bond acceptors (Lipinski definition) is 6. The standard InChI is InChI=1S/C7H16NO4PS2/c1-4-11-13(14,12-5-2)15-6-10-7(9)8-3/h4-6H2,1-3H3,(H,8,9). The molecule has 0 aliphatic carbocycles. The van der Waals surface area contributed by atoms with E-state index in [2.05, 4.69) is 5.32 Å². The van der Waals surface area contributed by atoms with Crippen molar-refractivity contribution in [3.05, 3.63) is 0 Å². The Hall–Kier alpha value is 0.190. The van der Waals surface area contributed by atoms with Gasteiger partial charge in [0.05, 0.1) is 13.2 Å². The van der Waals surface area contributed by atoms with E-state index in [1.54, 1.807) is 0 Å². The van der Waals surface area contributed by atoms with Crippen molar-refractivity contribution in [3.8, 4) is 0 Å². The Morgan fingerprint density at radius 2 is 1.93 bits per heavy atom. The van der Waals surface area contributed by atoms with Gasteiger partial charge in [0.2, 0.25) is 0 Å². The van der Waals surface area contributed by atoms with Gasteiger partial charge in [-0.15, -0.1) is 0 Å². The van der Waals surface area contributed by atoms with Crippen LogP contribution in [0.25, 0.3) is 0 Å². The first-order chi connectivity index (χ1) is 7.08. The number of hydrogen-bond donors (Lipinski definition) is 1. The Kier molecular flexibility index (Phi) is 8.46. The fourth-order valence-electron chi connectivity index (χ4n) is 0.645. The fourth-order valence-corrected chi connectivity index (χ4v) is 4.43. The molecule has 0 bridgehead atoms. The van der Waals surface area contributed by atoms with Crippen LogP contribution in [0, 0.1) is 0 Å². The van der Waals surface area contributed by atoms with Crippen LogP contribution in [0.4, 0.5) is 4.79 Å². The van der Waals surface area contributed by atoms with Gasteiger partial charge >= 0.3 is 6.09 Å². The number of alkyl carbamates (subject to hydrolysis) is 1. The zero-order valence-electron chi connectivity index (χ0n) is 9.02. The summed E-state index contributed by atoms with van der Waals surface area (Å²) in [5, 5.41) is 2.34. The quantitative estimate of drug-likeness (QED) is 0.567. The highest BCUT2D eigenvalue weighted by Gasteiger charge is 2.19. The molecular formula is C7H16NO4PS2. The number of nitrogens with one attached hydrogen (secondary N) is 1. The molecule has 0 aromatic heterocycles. The van der Waals surface area contributed by atoms with Crippen LogP contribution in [0.15, 0.2) is 0 Å². The number of rotatable bonds is 7. The number of ether oxygens (including phenoxy) is 1. The molecule has 5 nitrogen and oxygen atoms in total. The molecule has 90 valence electrons. The molecule has 15 heavy (non-hydrogen) atoms. The molecule has 0 radical (unpaired) electrons. The topological polar surface area (TPSA) is 56.8 Å². The molecular weight excluding hydrogens is 257 g/mol. The van der Waals surface area contributed by atoms with Gasteiger partial charge in [0.25, 0.3) is 5.69 Å². The van der Waals surface area contributed by atoms with Crippen LogP contribution < -0.4 is 5.32 Å². The van der Waals surface area contributed by atoms with Crippen LogP contribution in [0.2, 0.25) is 0 Å². The highest BCUT2D eigenvalue weighted by Crippen LogP contribution is 2.60. The average molecular weight is 273 g/mol. The van der Waals surface area contributed by atoms with Crippen LogP contribution in [0.5, 0.6) is 0 Å². The summed E-state index contributed by atoms with van der Waals surface area (Å²) in [7, 11) is 1.49. The first kappa shape index (κ1) is 15.2. The number of carbonyl (C=O) groups excluding carboxylic acids is 1. The molecule has 0 aliphatic rings. The molecule has 0 atom stereocenters. The average Bonchev–Trinajstić information content (AvgIpc) is 2.18. The molecule has 0 fully saturated rings. The minimum atomic E-state index is -2.34. The Morgan fingerprint density at radius 3 is 2.33 bits per heavy atom. The smallest absolute Gasteiger partial charge is 0.407 e. The molecule has 8 heteroatoms. The summed E-state index contributed by atoms with van der Waals surface area (Å²) in [4.78, 5) is 10.8. The molecule has 0 spiro atoms. The van der Waals surface area contributed by atoms with Crippen LogP contribution in [0.3, 0.4) is 0 Å². The highest BCUT2D eigenvalue weighted by atomic mass is 32.9. The van der Waals surface area contributed by atoms with Crippen molar-refractivity contribution in [3.63, 3.8) is 0 Å². The monoisotopic (exact) mass is 273 g/mol. The van der Waals surface area contributed by atoms with Gasteiger partial charge in [-0.25, -0.2) is 4.79 Å². The first-order valence-electron chi connectivity index (χ1n) is 4.46. The van der Waals surface area contributed by atoms with Gasteiger partial charge in [-0.2, -0.15) is 0 Å². The molecule has 0 aromatic carbocycles. The lowest BCUT2D eigenvalue weighted by Crippen LogP contribution is -2.18. The fraction of sp³-hybridized carbons (Fsp3) is 0.857. The van der Waals surface area contributed by atoms with E-state index in [1.165, 1.54) is 18.4 Å². The van der Waals surface area contributed by atoms with Gasteiger partial charge in [-0.1, -0.05) is 0 Å². The lowest BCUT2D eigenvalue weighted by Gasteiger charge is -2.19. The summed E-state index contributed by atoms with van der Waals surface area (Å²) >= 11 is 6.42. The van der Waals surface area contributed by atoms with E-state index >= 15 is 0 Å². The maximum atomic E-state index is 10.8. The Morgan fingerprint density at radius 1 is 1.40 bits per heavy atom. The summed E-state index contributed by atoms with van der Waals surface area (Å²) < 4.78 is 15.5. The zero-order chi connectivity index (χ0) is 11.7. The zero-order valence-corrected chi connectivity index (χ0v) is 11.5. The Labute approximate surface area is 99.1 Å². The third-order valence-electron chi connectivity index (χ3n) is 1.18. The minimum absolute atomic E-state index is 0.136. The van der Waals surface area contributed by atoms with E-state index in [1.807, 2.05) is 13.8 Å². The maximum Gasteiger partial charge on any atom is 0.407 e. The van der Waals surface area contributed by atoms with Crippen LogP contribution in [0.1, 0.15) is 13.8 Å². The van der Waals surface area contributed by atoms with E-state index < -0.39 is 11.8 Å². The Bertz CT molecular complexity index is 229. The Balaban J connectivity index is 3.96. The normalized spacial score (nSPS) is 11.1. The first-order valence-corrected chi connectivity index (χ1v) is 8.69. The second kappa shape index (κ2) is 8.35. The molecule has 1 N–H and O–H groups in total. The van der Waals surface area contributed by atoms with E-state index in [4.69, 9.17) is 25.6 Å². The lowest BCUT2D eigenvalue weighted by atomic mass is 10.9. The number of carbonyl (C=O) groups is 1. The minimum Gasteiger partial charge on any atom is -0.438 e. The van der Waals surface area contributed by atoms with Crippen molar-refractivity contribution in [2.45, 2.75) is 13.8 Å². The highest BCUT2D eigenvalue weighted by molar-refractivity contribution is 8.67.